The summed E-state index contributed by atoms with van der Waals surface area (Å²) in [6.07, 6.45) is 0. The third-order valence-electron chi connectivity index (χ3n) is 4.86. The van der Waals surface area contributed by atoms with Crippen LogP contribution in [0, 0.1) is 17.0 Å². The first kappa shape index (κ1) is 18.5. The molecule has 0 aliphatic carbocycles. The van der Waals surface area contributed by atoms with Gasteiger partial charge in [0.15, 0.2) is 5.76 Å². The number of aryl methyl sites for hydroxylation is 1. The zero-order valence-electron chi connectivity index (χ0n) is 15.8. The Bertz CT molecular complexity index is 1230. The first-order valence-corrected chi connectivity index (χ1v) is 9.22. The Morgan fingerprint density at radius 2 is 1.76 bits per heavy atom. The molecule has 0 unspecified atom stereocenters. The van der Waals surface area contributed by atoms with E-state index in [9.17, 15) is 14.9 Å². The third kappa shape index (κ3) is 3.50. The summed E-state index contributed by atoms with van der Waals surface area (Å²) in [7, 11) is 0. The number of nitrogens with one attached hydrogen (secondary N) is 2. The SMILES string of the molecule is Cc1c(C(=O)NCCNc2ccccc2[N+](=O)[O-])oc2c1ccc1ccccc12. The van der Waals surface area contributed by atoms with Crippen molar-refractivity contribution in [1.29, 1.82) is 0 Å². The fourth-order valence-corrected chi connectivity index (χ4v) is 3.40. The summed E-state index contributed by atoms with van der Waals surface area (Å²) >= 11 is 0. The van der Waals surface area contributed by atoms with Gasteiger partial charge in [-0.05, 0) is 18.4 Å². The van der Waals surface area contributed by atoms with Crippen molar-refractivity contribution in [3.05, 3.63) is 82.1 Å². The van der Waals surface area contributed by atoms with Gasteiger partial charge in [0, 0.05) is 35.5 Å². The molecular weight excluding hydrogens is 370 g/mol. The first-order valence-electron chi connectivity index (χ1n) is 9.22. The molecule has 7 nitrogen and oxygen atoms in total. The number of nitrogens with zero attached hydrogens (tertiary/aromatic N) is 1. The lowest BCUT2D eigenvalue weighted by molar-refractivity contribution is -0.384. The molecule has 4 aromatic rings. The second-order valence-corrected chi connectivity index (χ2v) is 6.68. The summed E-state index contributed by atoms with van der Waals surface area (Å²) in [5.41, 5.74) is 1.90. The monoisotopic (exact) mass is 389 g/mol. The Morgan fingerprint density at radius 3 is 2.59 bits per heavy atom. The number of hydrogen-bond acceptors (Lipinski definition) is 5. The standard InChI is InChI=1S/C22H19N3O4/c1-14-16-11-10-15-6-2-3-7-17(15)21(16)29-20(14)22(26)24-13-12-23-18-8-4-5-9-19(18)25(27)28/h2-11,23H,12-13H2,1H3,(H,24,26). The lowest BCUT2D eigenvalue weighted by Crippen LogP contribution is -2.29. The van der Waals surface area contributed by atoms with Crippen LogP contribution in [0.4, 0.5) is 11.4 Å². The number of nitro benzene ring substituents is 1. The highest BCUT2D eigenvalue weighted by atomic mass is 16.6. The number of furan rings is 1. The predicted molar refractivity (Wildman–Crippen MR) is 112 cm³/mol. The Kier molecular flexibility index (Phi) is 4.87. The van der Waals surface area contributed by atoms with E-state index in [-0.39, 0.29) is 17.4 Å². The number of amides is 1. The Hall–Kier alpha value is -3.87. The van der Waals surface area contributed by atoms with E-state index < -0.39 is 4.92 Å². The molecule has 0 aliphatic rings. The minimum atomic E-state index is -0.441. The summed E-state index contributed by atoms with van der Waals surface area (Å²) in [5, 5.41) is 19.8. The van der Waals surface area contributed by atoms with Gasteiger partial charge in [-0.25, -0.2) is 0 Å². The van der Waals surface area contributed by atoms with Crippen molar-refractivity contribution in [1.82, 2.24) is 5.32 Å². The van der Waals surface area contributed by atoms with Crippen LogP contribution in [0.15, 0.2) is 65.1 Å². The largest absolute Gasteiger partial charge is 0.450 e. The highest BCUT2D eigenvalue weighted by molar-refractivity contribution is 6.08. The fourth-order valence-electron chi connectivity index (χ4n) is 3.40. The lowest BCUT2D eigenvalue weighted by atomic mass is 10.1. The molecule has 29 heavy (non-hydrogen) atoms. The van der Waals surface area contributed by atoms with E-state index in [4.69, 9.17) is 4.42 Å². The maximum Gasteiger partial charge on any atom is 0.292 e. The number of carbonyl (C=O) groups is 1. The molecule has 0 fully saturated rings. The second kappa shape index (κ2) is 7.63. The van der Waals surface area contributed by atoms with Gasteiger partial charge in [-0.2, -0.15) is 0 Å². The van der Waals surface area contributed by atoms with Gasteiger partial charge in [0.25, 0.3) is 11.6 Å². The molecule has 1 aromatic heterocycles. The first-order chi connectivity index (χ1) is 14.1. The normalized spacial score (nSPS) is 10.9. The number of fused-ring (bicyclic) bond motifs is 3. The van der Waals surface area contributed by atoms with Crippen LogP contribution in [0.3, 0.4) is 0 Å². The molecule has 2 N–H and O–H groups in total. The second-order valence-electron chi connectivity index (χ2n) is 6.68. The number of anilines is 1. The Labute approximate surface area is 166 Å². The van der Waals surface area contributed by atoms with Crippen LogP contribution in [0.2, 0.25) is 0 Å². The smallest absolute Gasteiger partial charge is 0.292 e. The molecule has 4 rings (SSSR count). The number of rotatable bonds is 6. The fraction of sp³-hybridized carbons (Fsp3) is 0.136. The van der Waals surface area contributed by atoms with Gasteiger partial charge in [0.05, 0.1) is 4.92 Å². The van der Waals surface area contributed by atoms with E-state index in [1.54, 1.807) is 18.2 Å². The van der Waals surface area contributed by atoms with Gasteiger partial charge in [-0.3, -0.25) is 14.9 Å². The van der Waals surface area contributed by atoms with Crippen molar-refractivity contribution in [2.24, 2.45) is 0 Å². The van der Waals surface area contributed by atoms with Gasteiger partial charge >= 0.3 is 0 Å². The van der Waals surface area contributed by atoms with Crippen molar-refractivity contribution in [3.8, 4) is 0 Å². The molecule has 0 aliphatic heterocycles. The molecule has 0 atom stereocenters. The molecule has 1 amide bonds. The van der Waals surface area contributed by atoms with E-state index in [2.05, 4.69) is 10.6 Å². The Balaban J connectivity index is 1.47. The van der Waals surface area contributed by atoms with Gasteiger partial charge < -0.3 is 15.1 Å². The van der Waals surface area contributed by atoms with E-state index >= 15 is 0 Å². The summed E-state index contributed by atoms with van der Waals surface area (Å²) in [5.74, 6) is -0.0332. The van der Waals surface area contributed by atoms with Crippen molar-refractivity contribution in [3.63, 3.8) is 0 Å². The average molecular weight is 389 g/mol. The zero-order chi connectivity index (χ0) is 20.4. The zero-order valence-corrected chi connectivity index (χ0v) is 15.8. The van der Waals surface area contributed by atoms with Crippen LogP contribution in [-0.2, 0) is 0 Å². The number of carbonyl (C=O) groups excluding carboxylic acids is 1. The van der Waals surface area contributed by atoms with Crippen LogP contribution in [0.1, 0.15) is 16.1 Å². The molecule has 0 saturated carbocycles. The van der Waals surface area contributed by atoms with Crippen LogP contribution in [0.25, 0.3) is 21.7 Å². The third-order valence-corrected chi connectivity index (χ3v) is 4.86. The molecule has 0 spiro atoms. The minimum absolute atomic E-state index is 0.00108. The molecule has 7 heteroatoms. The van der Waals surface area contributed by atoms with Crippen LogP contribution in [0.5, 0.6) is 0 Å². The molecule has 3 aromatic carbocycles. The van der Waals surface area contributed by atoms with Crippen LogP contribution >= 0.6 is 0 Å². The van der Waals surface area contributed by atoms with E-state index in [1.165, 1.54) is 6.07 Å². The predicted octanol–water partition coefficient (Wildman–Crippen LogP) is 4.64. The summed E-state index contributed by atoms with van der Waals surface area (Å²) in [4.78, 5) is 23.2. The molecule has 146 valence electrons. The number of para-hydroxylation sites is 2. The molecule has 0 saturated heterocycles. The maximum absolute atomic E-state index is 12.6. The molecule has 0 bridgehead atoms. The Morgan fingerprint density at radius 1 is 1.00 bits per heavy atom. The van der Waals surface area contributed by atoms with Crippen molar-refractivity contribution in [2.75, 3.05) is 18.4 Å². The van der Waals surface area contributed by atoms with E-state index in [0.29, 0.717) is 24.4 Å². The van der Waals surface area contributed by atoms with Gasteiger partial charge in [-0.15, -0.1) is 0 Å². The summed E-state index contributed by atoms with van der Waals surface area (Å²) in [6.45, 7) is 2.50. The van der Waals surface area contributed by atoms with Gasteiger partial charge in [-0.1, -0.05) is 48.5 Å². The molecular formula is C22H19N3O4. The number of hydrogen-bond donors (Lipinski definition) is 2. The molecule has 1 heterocycles. The van der Waals surface area contributed by atoms with Crippen LogP contribution in [-0.4, -0.2) is 23.9 Å². The van der Waals surface area contributed by atoms with Gasteiger partial charge in [0.2, 0.25) is 0 Å². The summed E-state index contributed by atoms with van der Waals surface area (Å²) in [6, 6.07) is 18.2. The quantitative estimate of drug-likeness (QED) is 0.284. The number of nitro groups is 1. The topological polar surface area (TPSA) is 97.4 Å². The summed E-state index contributed by atoms with van der Waals surface area (Å²) < 4.78 is 5.92. The van der Waals surface area contributed by atoms with Crippen molar-refractivity contribution in [2.45, 2.75) is 6.92 Å². The maximum atomic E-state index is 12.6. The van der Waals surface area contributed by atoms with Crippen LogP contribution < -0.4 is 10.6 Å². The van der Waals surface area contributed by atoms with Crippen molar-refractivity contribution >= 4 is 39.0 Å². The van der Waals surface area contributed by atoms with E-state index in [1.807, 2.05) is 43.3 Å². The van der Waals surface area contributed by atoms with E-state index in [0.717, 1.165) is 21.7 Å². The molecule has 0 radical (unpaired) electrons. The highest BCUT2D eigenvalue weighted by Crippen LogP contribution is 2.31. The highest BCUT2D eigenvalue weighted by Gasteiger charge is 2.19. The van der Waals surface area contributed by atoms with Crippen molar-refractivity contribution < 1.29 is 14.1 Å². The lowest BCUT2D eigenvalue weighted by Gasteiger charge is -2.07. The van der Waals surface area contributed by atoms with Gasteiger partial charge in [0.1, 0.15) is 11.3 Å². The minimum Gasteiger partial charge on any atom is -0.450 e. The number of benzene rings is 3. The average Bonchev–Trinajstić information content (AvgIpc) is 3.08.